The van der Waals surface area contributed by atoms with Gasteiger partial charge in [-0.25, -0.2) is 12.8 Å². The van der Waals surface area contributed by atoms with Crippen LogP contribution in [0.25, 0.3) is 0 Å². The minimum Gasteiger partial charge on any atom is -0.337 e. The molecule has 0 fully saturated rings. The van der Waals surface area contributed by atoms with Crippen molar-refractivity contribution < 1.29 is 17.6 Å². The van der Waals surface area contributed by atoms with E-state index in [-0.39, 0.29) is 27.9 Å². The monoisotopic (exact) mass is 486 g/mol. The second kappa shape index (κ2) is 9.63. The standard InChI is InChI=1S/C25H24ClFN2O3S/c1-18-9-11-21(12-10-18)33(31,32)29(16-22-23(26)7-4-8-24(22)27)17-25(30)28-14-13-19-5-2-3-6-20(19)15-28/h2-12H,13-17H2,1H3. The molecule has 172 valence electrons. The minimum atomic E-state index is -4.08. The predicted molar refractivity (Wildman–Crippen MR) is 126 cm³/mol. The lowest BCUT2D eigenvalue weighted by molar-refractivity contribution is -0.132. The smallest absolute Gasteiger partial charge is 0.243 e. The normalized spacial score (nSPS) is 13.8. The molecule has 0 saturated carbocycles. The summed E-state index contributed by atoms with van der Waals surface area (Å²) in [6.07, 6.45) is 0.700. The van der Waals surface area contributed by atoms with Gasteiger partial charge in [0, 0.05) is 30.2 Å². The number of amides is 1. The van der Waals surface area contributed by atoms with E-state index in [9.17, 15) is 17.6 Å². The van der Waals surface area contributed by atoms with Gasteiger partial charge in [0.2, 0.25) is 15.9 Å². The number of carbonyl (C=O) groups is 1. The summed E-state index contributed by atoms with van der Waals surface area (Å²) in [4.78, 5) is 14.9. The molecule has 1 aliphatic heterocycles. The van der Waals surface area contributed by atoms with Crippen molar-refractivity contribution >= 4 is 27.5 Å². The second-order valence-electron chi connectivity index (χ2n) is 8.12. The summed E-state index contributed by atoms with van der Waals surface area (Å²) in [6, 6.07) is 18.4. The van der Waals surface area contributed by atoms with Gasteiger partial charge in [-0.15, -0.1) is 0 Å². The largest absolute Gasteiger partial charge is 0.337 e. The fourth-order valence-electron chi connectivity index (χ4n) is 3.90. The fourth-order valence-corrected chi connectivity index (χ4v) is 5.48. The zero-order valence-electron chi connectivity index (χ0n) is 18.2. The molecule has 1 aliphatic rings. The van der Waals surface area contributed by atoms with Crippen LogP contribution in [0.2, 0.25) is 5.02 Å². The summed E-state index contributed by atoms with van der Waals surface area (Å²) in [5, 5.41) is 0.110. The summed E-state index contributed by atoms with van der Waals surface area (Å²) in [6.45, 7) is 1.99. The van der Waals surface area contributed by atoms with Gasteiger partial charge in [-0.2, -0.15) is 4.31 Å². The molecule has 4 rings (SSSR count). The third kappa shape index (κ3) is 5.11. The number of halogens is 2. The molecule has 0 N–H and O–H groups in total. The average molecular weight is 487 g/mol. The maximum absolute atomic E-state index is 14.5. The maximum Gasteiger partial charge on any atom is 0.243 e. The number of nitrogens with zero attached hydrogens (tertiary/aromatic N) is 2. The molecule has 0 aromatic heterocycles. The Labute approximate surface area is 198 Å². The number of carbonyl (C=O) groups excluding carboxylic acids is 1. The molecule has 0 atom stereocenters. The van der Waals surface area contributed by atoms with Crippen LogP contribution in [-0.4, -0.2) is 36.6 Å². The lowest BCUT2D eigenvalue weighted by atomic mass is 10.00. The quantitative estimate of drug-likeness (QED) is 0.513. The third-order valence-corrected chi connectivity index (χ3v) is 8.01. The van der Waals surface area contributed by atoms with E-state index in [2.05, 4.69) is 0 Å². The fraction of sp³-hybridized carbons (Fsp3) is 0.240. The first-order chi connectivity index (χ1) is 15.8. The molecule has 5 nitrogen and oxygen atoms in total. The average Bonchev–Trinajstić information content (AvgIpc) is 2.80. The van der Waals surface area contributed by atoms with E-state index in [1.807, 2.05) is 31.2 Å². The molecule has 0 bridgehead atoms. The van der Waals surface area contributed by atoms with Crippen molar-refractivity contribution in [3.8, 4) is 0 Å². The highest BCUT2D eigenvalue weighted by Crippen LogP contribution is 2.26. The maximum atomic E-state index is 14.5. The Morgan fingerprint density at radius 3 is 2.42 bits per heavy atom. The Morgan fingerprint density at radius 2 is 1.73 bits per heavy atom. The Bertz CT molecular complexity index is 1260. The van der Waals surface area contributed by atoms with Gasteiger partial charge in [0.25, 0.3) is 0 Å². The molecule has 33 heavy (non-hydrogen) atoms. The van der Waals surface area contributed by atoms with Crippen LogP contribution in [0.15, 0.2) is 71.6 Å². The van der Waals surface area contributed by atoms with Crippen LogP contribution in [-0.2, 0) is 34.3 Å². The first-order valence-electron chi connectivity index (χ1n) is 10.6. The van der Waals surface area contributed by atoms with Crippen molar-refractivity contribution in [2.75, 3.05) is 13.1 Å². The van der Waals surface area contributed by atoms with Crippen molar-refractivity contribution in [3.63, 3.8) is 0 Å². The second-order valence-corrected chi connectivity index (χ2v) is 10.5. The molecule has 0 radical (unpaired) electrons. The number of rotatable bonds is 6. The SMILES string of the molecule is Cc1ccc(S(=O)(=O)N(CC(=O)N2CCc3ccccc3C2)Cc2c(F)cccc2Cl)cc1. The molecule has 1 heterocycles. The lowest BCUT2D eigenvalue weighted by Gasteiger charge is -2.31. The number of hydrogen-bond donors (Lipinski definition) is 0. The number of benzene rings is 3. The zero-order chi connectivity index (χ0) is 23.6. The highest BCUT2D eigenvalue weighted by atomic mass is 35.5. The molecule has 0 spiro atoms. The number of sulfonamides is 1. The van der Waals surface area contributed by atoms with E-state index < -0.39 is 22.4 Å². The minimum absolute atomic E-state index is 0.0339. The molecule has 0 unspecified atom stereocenters. The van der Waals surface area contributed by atoms with E-state index in [1.165, 1.54) is 35.9 Å². The topological polar surface area (TPSA) is 57.7 Å². The Kier molecular flexibility index (Phi) is 6.83. The molecular weight excluding hydrogens is 463 g/mol. The highest BCUT2D eigenvalue weighted by Gasteiger charge is 2.31. The highest BCUT2D eigenvalue weighted by molar-refractivity contribution is 7.89. The van der Waals surface area contributed by atoms with Crippen LogP contribution in [0.3, 0.4) is 0 Å². The van der Waals surface area contributed by atoms with Crippen molar-refractivity contribution in [1.29, 1.82) is 0 Å². The van der Waals surface area contributed by atoms with E-state index in [0.29, 0.717) is 19.5 Å². The van der Waals surface area contributed by atoms with Gasteiger partial charge in [-0.3, -0.25) is 4.79 Å². The van der Waals surface area contributed by atoms with Gasteiger partial charge in [0.15, 0.2) is 0 Å². The van der Waals surface area contributed by atoms with Crippen molar-refractivity contribution in [2.24, 2.45) is 0 Å². The summed E-state index contributed by atoms with van der Waals surface area (Å²) in [7, 11) is -4.08. The molecule has 3 aromatic rings. The molecule has 3 aromatic carbocycles. The van der Waals surface area contributed by atoms with Gasteiger partial charge in [-0.1, -0.05) is 59.6 Å². The van der Waals surface area contributed by atoms with E-state index >= 15 is 0 Å². The molecule has 8 heteroatoms. The van der Waals surface area contributed by atoms with Crippen LogP contribution in [0, 0.1) is 12.7 Å². The summed E-state index contributed by atoms with van der Waals surface area (Å²) >= 11 is 6.18. The number of hydrogen-bond acceptors (Lipinski definition) is 3. The lowest BCUT2D eigenvalue weighted by Crippen LogP contribution is -2.44. The van der Waals surface area contributed by atoms with E-state index in [1.54, 1.807) is 17.0 Å². The van der Waals surface area contributed by atoms with Gasteiger partial charge in [0.1, 0.15) is 5.82 Å². The van der Waals surface area contributed by atoms with E-state index in [0.717, 1.165) is 15.4 Å². The zero-order valence-corrected chi connectivity index (χ0v) is 19.7. The van der Waals surface area contributed by atoms with Crippen molar-refractivity contribution in [1.82, 2.24) is 9.21 Å². The van der Waals surface area contributed by atoms with Crippen LogP contribution < -0.4 is 0 Å². The third-order valence-electron chi connectivity index (χ3n) is 5.85. The van der Waals surface area contributed by atoms with Crippen LogP contribution in [0.5, 0.6) is 0 Å². The van der Waals surface area contributed by atoms with Gasteiger partial charge in [-0.05, 0) is 48.7 Å². The Balaban J connectivity index is 1.64. The van der Waals surface area contributed by atoms with Crippen LogP contribution >= 0.6 is 11.6 Å². The molecule has 0 saturated heterocycles. The summed E-state index contributed by atoms with van der Waals surface area (Å²) in [5.41, 5.74) is 3.17. The first-order valence-corrected chi connectivity index (χ1v) is 12.4. The van der Waals surface area contributed by atoms with Gasteiger partial charge in [0.05, 0.1) is 11.4 Å². The molecule has 0 aliphatic carbocycles. The summed E-state index contributed by atoms with van der Waals surface area (Å²) < 4.78 is 42.5. The number of fused-ring (bicyclic) bond motifs is 1. The van der Waals surface area contributed by atoms with Crippen molar-refractivity contribution in [2.45, 2.75) is 31.3 Å². The Hall–Kier alpha value is -2.74. The Morgan fingerprint density at radius 1 is 1.03 bits per heavy atom. The van der Waals surface area contributed by atoms with Gasteiger partial charge < -0.3 is 4.90 Å². The predicted octanol–water partition coefficient (Wildman–Crippen LogP) is 4.56. The molecular formula is C25H24ClFN2O3S. The molecule has 1 amide bonds. The number of aryl methyl sites for hydroxylation is 1. The van der Waals surface area contributed by atoms with E-state index in [4.69, 9.17) is 11.6 Å². The van der Waals surface area contributed by atoms with Crippen LogP contribution in [0.4, 0.5) is 4.39 Å². The van der Waals surface area contributed by atoms with Gasteiger partial charge >= 0.3 is 0 Å². The van der Waals surface area contributed by atoms with Crippen molar-refractivity contribution in [3.05, 3.63) is 99.8 Å². The summed E-state index contributed by atoms with van der Waals surface area (Å²) in [5.74, 6) is -0.960. The van der Waals surface area contributed by atoms with Crippen LogP contribution in [0.1, 0.15) is 22.3 Å². The first kappa shape index (κ1) is 23.4.